The van der Waals surface area contributed by atoms with Crippen molar-refractivity contribution < 1.29 is 22.0 Å². The molecule has 1 atom stereocenters. The molecule has 11 heteroatoms. The highest BCUT2D eigenvalue weighted by atomic mass is 32.2. The summed E-state index contributed by atoms with van der Waals surface area (Å²) < 4.78 is 54.4. The average molecular weight is 419 g/mol. The number of likely N-dealkylation sites (tertiary alicyclic amines) is 1. The minimum absolute atomic E-state index is 0.147. The highest BCUT2D eigenvalue weighted by Gasteiger charge is 2.53. The molecule has 0 saturated carbocycles. The maximum absolute atomic E-state index is 14.1. The summed E-state index contributed by atoms with van der Waals surface area (Å²) in [7, 11) is -3.34. The van der Waals surface area contributed by atoms with Crippen LogP contribution in [0.3, 0.4) is 0 Å². The predicted molar refractivity (Wildman–Crippen MR) is 99.3 cm³/mol. The van der Waals surface area contributed by atoms with Gasteiger partial charge in [0.15, 0.2) is 0 Å². The minimum Gasteiger partial charge on any atom is -0.337 e. The first kappa shape index (κ1) is 21.1. The van der Waals surface area contributed by atoms with Crippen LogP contribution in [0.4, 0.5) is 8.78 Å². The van der Waals surface area contributed by atoms with Crippen LogP contribution in [0.2, 0.25) is 0 Å². The first-order valence-electron chi connectivity index (χ1n) is 9.43. The fourth-order valence-electron chi connectivity index (χ4n) is 3.79. The normalized spacial score (nSPS) is 23.7. The molecule has 2 aliphatic heterocycles. The molecular weight excluding hydrogens is 392 g/mol. The van der Waals surface area contributed by atoms with Crippen molar-refractivity contribution in [2.24, 2.45) is 0 Å². The number of halogens is 2. The molecule has 1 aromatic heterocycles. The number of sulfonamides is 1. The van der Waals surface area contributed by atoms with Gasteiger partial charge >= 0.3 is 0 Å². The van der Waals surface area contributed by atoms with Crippen LogP contribution in [-0.2, 0) is 27.9 Å². The van der Waals surface area contributed by atoms with Crippen molar-refractivity contribution >= 4 is 15.9 Å². The van der Waals surface area contributed by atoms with Gasteiger partial charge < -0.3 is 4.90 Å². The second kappa shape index (κ2) is 7.68. The molecule has 0 unspecified atom stereocenters. The van der Waals surface area contributed by atoms with Gasteiger partial charge in [0.25, 0.3) is 5.92 Å². The SMILES string of the molecule is CCN(Cc1cnn(CC)c1)C(=O)[C@@H]1CC(F)(F)CN1C1CN(S(C)(=O)=O)C1. The number of amides is 1. The summed E-state index contributed by atoms with van der Waals surface area (Å²) in [5.41, 5.74) is 0.847. The number of carbonyl (C=O) groups excluding carboxylic acids is 1. The Morgan fingerprint density at radius 1 is 1.36 bits per heavy atom. The van der Waals surface area contributed by atoms with Gasteiger partial charge in [-0.3, -0.25) is 14.4 Å². The molecule has 2 saturated heterocycles. The number of aryl methyl sites for hydroxylation is 1. The van der Waals surface area contributed by atoms with Gasteiger partial charge in [0.1, 0.15) is 0 Å². The van der Waals surface area contributed by atoms with Gasteiger partial charge in [0, 0.05) is 56.9 Å². The lowest BCUT2D eigenvalue weighted by Gasteiger charge is -2.44. The van der Waals surface area contributed by atoms with Gasteiger partial charge in [-0.25, -0.2) is 17.2 Å². The molecule has 0 radical (unpaired) electrons. The largest absolute Gasteiger partial charge is 0.337 e. The zero-order chi connectivity index (χ0) is 20.7. The molecule has 1 amide bonds. The van der Waals surface area contributed by atoms with E-state index in [1.54, 1.807) is 15.8 Å². The Morgan fingerprint density at radius 2 is 2.04 bits per heavy atom. The third-order valence-electron chi connectivity index (χ3n) is 5.44. The van der Waals surface area contributed by atoms with E-state index >= 15 is 0 Å². The fourth-order valence-corrected chi connectivity index (χ4v) is 4.68. The zero-order valence-electron chi connectivity index (χ0n) is 16.4. The first-order chi connectivity index (χ1) is 13.0. The second-order valence-electron chi connectivity index (χ2n) is 7.54. The molecular formula is C17H27F2N5O3S. The van der Waals surface area contributed by atoms with E-state index in [1.807, 2.05) is 20.0 Å². The third kappa shape index (κ3) is 4.36. The van der Waals surface area contributed by atoms with Crippen LogP contribution in [0.5, 0.6) is 0 Å². The molecule has 0 aromatic carbocycles. The molecule has 3 rings (SSSR count). The van der Waals surface area contributed by atoms with Gasteiger partial charge in [-0.05, 0) is 13.8 Å². The van der Waals surface area contributed by atoms with E-state index in [9.17, 15) is 22.0 Å². The Morgan fingerprint density at radius 3 is 2.57 bits per heavy atom. The molecule has 3 heterocycles. The zero-order valence-corrected chi connectivity index (χ0v) is 17.2. The summed E-state index contributed by atoms with van der Waals surface area (Å²) in [6.45, 7) is 4.96. The second-order valence-corrected chi connectivity index (χ2v) is 9.52. The van der Waals surface area contributed by atoms with Gasteiger partial charge in [-0.15, -0.1) is 0 Å². The van der Waals surface area contributed by atoms with E-state index in [0.29, 0.717) is 19.6 Å². The van der Waals surface area contributed by atoms with Crippen LogP contribution in [0.15, 0.2) is 12.4 Å². The quantitative estimate of drug-likeness (QED) is 0.647. The maximum atomic E-state index is 14.1. The van der Waals surface area contributed by atoms with Crippen LogP contribution in [0.25, 0.3) is 0 Å². The number of hydrogen-bond acceptors (Lipinski definition) is 5. The average Bonchev–Trinajstić information content (AvgIpc) is 3.13. The highest BCUT2D eigenvalue weighted by molar-refractivity contribution is 7.88. The summed E-state index contributed by atoms with van der Waals surface area (Å²) >= 11 is 0. The molecule has 8 nitrogen and oxygen atoms in total. The van der Waals surface area contributed by atoms with Gasteiger partial charge in [-0.2, -0.15) is 9.40 Å². The van der Waals surface area contributed by atoms with Crippen molar-refractivity contribution in [3.05, 3.63) is 18.0 Å². The summed E-state index contributed by atoms with van der Waals surface area (Å²) in [5.74, 6) is -3.31. The lowest BCUT2D eigenvalue weighted by molar-refractivity contribution is -0.138. The molecule has 1 aromatic rings. The molecule has 2 aliphatic rings. The Labute approximate surface area is 164 Å². The van der Waals surface area contributed by atoms with Crippen molar-refractivity contribution in [2.45, 2.75) is 51.4 Å². The predicted octanol–water partition coefficient (Wildman–Crippen LogP) is 0.605. The van der Waals surface area contributed by atoms with E-state index in [2.05, 4.69) is 5.10 Å². The van der Waals surface area contributed by atoms with Gasteiger partial charge in [0.2, 0.25) is 15.9 Å². The van der Waals surface area contributed by atoms with Crippen LogP contribution >= 0.6 is 0 Å². The van der Waals surface area contributed by atoms with Crippen LogP contribution in [0, 0.1) is 0 Å². The van der Waals surface area contributed by atoms with Gasteiger partial charge in [-0.1, -0.05) is 0 Å². The molecule has 0 bridgehead atoms. The number of likely N-dealkylation sites (N-methyl/N-ethyl adjacent to an activating group) is 1. The van der Waals surface area contributed by atoms with E-state index in [1.165, 1.54) is 9.21 Å². The summed E-state index contributed by atoms with van der Waals surface area (Å²) in [6, 6.07) is -1.30. The third-order valence-corrected chi connectivity index (χ3v) is 6.67. The number of alkyl halides is 2. The fraction of sp³-hybridized carbons (Fsp3) is 0.765. The van der Waals surface area contributed by atoms with E-state index in [-0.39, 0.29) is 25.0 Å². The van der Waals surface area contributed by atoms with E-state index < -0.39 is 35.0 Å². The molecule has 0 N–H and O–H groups in total. The topological polar surface area (TPSA) is 78.8 Å². The first-order valence-corrected chi connectivity index (χ1v) is 11.3. The van der Waals surface area contributed by atoms with Crippen molar-refractivity contribution in [3.63, 3.8) is 0 Å². The standard InChI is InChI=1S/C17H27F2N5O3S/c1-4-21(8-13-7-20-22(5-2)9-13)16(25)15-6-17(18,19)12-24(15)14-10-23(11-14)28(3,26)27/h7,9,14-15H,4-6,8,10-12H2,1-3H3/t15-/m0/s1. The summed E-state index contributed by atoms with van der Waals surface area (Å²) in [4.78, 5) is 16.1. The van der Waals surface area contributed by atoms with Crippen molar-refractivity contribution in [2.75, 3.05) is 32.4 Å². The number of nitrogens with zero attached hydrogens (tertiary/aromatic N) is 5. The Bertz CT molecular complexity index is 823. The lowest BCUT2D eigenvalue weighted by atomic mass is 10.1. The molecule has 0 aliphatic carbocycles. The smallest absolute Gasteiger partial charge is 0.262 e. The Kier molecular flexibility index (Phi) is 5.79. The van der Waals surface area contributed by atoms with Gasteiger partial charge in [0.05, 0.1) is 25.0 Å². The minimum atomic E-state index is -3.34. The molecule has 158 valence electrons. The van der Waals surface area contributed by atoms with Crippen molar-refractivity contribution in [1.82, 2.24) is 23.9 Å². The maximum Gasteiger partial charge on any atom is 0.262 e. The van der Waals surface area contributed by atoms with Crippen molar-refractivity contribution in [1.29, 1.82) is 0 Å². The Balaban J connectivity index is 1.71. The van der Waals surface area contributed by atoms with Crippen LogP contribution in [-0.4, -0.2) is 88.7 Å². The number of aromatic nitrogens is 2. The lowest BCUT2D eigenvalue weighted by Crippen LogP contribution is -2.63. The molecule has 0 spiro atoms. The van der Waals surface area contributed by atoms with Crippen molar-refractivity contribution in [3.8, 4) is 0 Å². The van der Waals surface area contributed by atoms with E-state index in [0.717, 1.165) is 11.8 Å². The molecule has 28 heavy (non-hydrogen) atoms. The number of rotatable bonds is 7. The summed E-state index contributed by atoms with van der Waals surface area (Å²) in [6.07, 6.45) is 4.08. The van der Waals surface area contributed by atoms with E-state index in [4.69, 9.17) is 0 Å². The summed E-state index contributed by atoms with van der Waals surface area (Å²) in [5, 5.41) is 4.18. The Hall–Kier alpha value is -1.59. The molecule has 2 fully saturated rings. The highest BCUT2D eigenvalue weighted by Crippen LogP contribution is 2.36. The van der Waals surface area contributed by atoms with Crippen LogP contribution in [0.1, 0.15) is 25.8 Å². The number of hydrogen-bond donors (Lipinski definition) is 0. The van der Waals surface area contributed by atoms with Crippen LogP contribution < -0.4 is 0 Å². The number of carbonyl (C=O) groups is 1. The monoisotopic (exact) mass is 419 g/mol.